The molecule has 1 heterocycles. The van der Waals surface area contributed by atoms with Gasteiger partial charge in [-0.05, 0) is 56.2 Å². The first-order valence-corrected chi connectivity index (χ1v) is 9.19. The summed E-state index contributed by atoms with van der Waals surface area (Å²) in [6.45, 7) is 8.96. The molecule has 1 fully saturated rings. The summed E-state index contributed by atoms with van der Waals surface area (Å²) in [7, 11) is 0. The highest BCUT2D eigenvalue weighted by Crippen LogP contribution is 2.34. The summed E-state index contributed by atoms with van der Waals surface area (Å²) in [5, 5.41) is 12.7. The Morgan fingerprint density at radius 2 is 1.88 bits per heavy atom. The van der Waals surface area contributed by atoms with Gasteiger partial charge >= 0.3 is 0 Å². The summed E-state index contributed by atoms with van der Waals surface area (Å²) in [6.07, 6.45) is 2.95. The van der Waals surface area contributed by atoms with E-state index >= 15 is 0 Å². The molecule has 0 saturated carbocycles. The van der Waals surface area contributed by atoms with E-state index in [4.69, 9.17) is 0 Å². The van der Waals surface area contributed by atoms with E-state index < -0.39 is 0 Å². The van der Waals surface area contributed by atoms with Crippen LogP contribution in [0, 0.1) is 5.41 Å². The van der Waals surface area contributed by atoms with E-state index in [0.29, 0.717) is 12.5 Å². The molecule has 1 saturated heterocycles. The van der Waals surface area contributed by atoms with E-state index in [0.717, 1.165) is 32.4 Å². The number of carbonyl (C=O) groups is 1. The lowest BCUT2D eigenvalue weighted by Gasteiger charge is -2.42. The lowest BCUT2D eigenvalue weighted by Crippen LogP contribution is -2.51. The number of likely N-dealkylation sites (tertiary alicyclic amines) is 1. The molecule has 0 spiro atoms. The molecule has 2 rings (SSSR count). The number of aliphatic hydroxyl groups is 1. The third-order valence-electron chi connectivity index (χ3n) is 5.82. The first-order valence-electron chi connectivity index (χ1n) is 9.19. The zero-order chi connectivity index (χ0) is 17.6. The van der Waals surface area contributed by atoms with Crippen LogP contribution in [-0.2, 0) is 4.79 Å². The van der Waals surface area contributed by atoms with Gasteiger partial charge in [0.1, 0.15) is 0 Å². The van der Waals surface area contributed by atoms with Gasteiger partial charge in [-0.3, -0.25) is 9.69 Å². The van der Waals surface area contributed by atoms with Crippen LogP contribution in [0.4, 0.5) is 0 Å². The Labute approximate surface area is 146 Å². The van der Waals surface area contributed by atoms with Gasteiger partial charge in [0.05, 0.1) is 6.04 Å². The van der Waals surface area contributed by atoms with Gasteiger partial charge < -0.3 is 10.4 Å². The van der Waals surface area contributed by atoms with Crippen LogP contribution in [0.2, 0.25) is 0 Å². The van der Waals surface area contributed by atoms with Crippen molar-refractivity contribution in [3.05, 3.63) is 35.9 Å². The van der Waals surface area contributed by atoms with Crippen LogP contribution in [0.1, 0.15) is 51.5 Å². The maximum absolute atomic E-state index is 12.5. The Morgan fingerprint density at radius 1 is 1.25 bits per heavy atom. The van der Waals surface area contributed by atoms with Gasteiger partial charge in [0.2, 0.25) is 5.91 Å². The summed E-state index contributed by atoms with van der Waals surface area (Å²) in [6, 6.07) is 10.2. The number of piperidine rings is 1. The predicted octanol–water partition coefficient (Wildman–Crippen LogP) is 2.78. The minimum atomic E-state index is -0.110. The summed E-state index contributed by atoms with van der Waals surface area (Å²) in [5.74, 6) is 0.414. The lowest BCUT2D eigenvalue weighted by atomic mass is 9.76. The van der Waals surface area contributed by atoms with Crippen molar-refractivity contribution in [1.29, 1.82) is 0 Å². The van der Waals surface area contributed by atoms with Crippen LogP contribution in [0.5, 0.6) is 0 Å². The van der Waals surface area contributed by atoms with Gasteiger partial charge in [-0.1, -0.05) is 44.2 Å². The molecular weight excluding hydrogens is 300 g/mol. The average molecular weight is 332 g/mol. The number of carbonyl (C=O) groups excluding carboxylic acids is 1. The van der Waals surface area contributed by atoms with Crippen LogP contribution < -0.4 is 5.32 Å². The van der Waals surface area contributed by atoms with E-state index in [1.807, 2.05) is 25.1 Å². The first kappa shape index (κ1) is 18.9. The van der Waals surface area contributed by atoms with Crippen molar-refractivity contribution in [1.82, 2.24) is 10.2 Å². The van der Waals surface area contributed by atoms with Gasteiger partial charge in [0.25, 0.3) is 0 Å². The molecule has 1 aliphatic heterocycles. The van der Waals surface area contributed by atoms with E-state index in [1.165, 1.54) is 5.56 Å². The maximum Gasteiger partial charge on any atom is 0.237 e. The zero-order valence-electron chi connectivity index (χ0n) is 15.3. The van der Waals surface area contributed by atoms with E-state index in [2.05, 4.69) is 36.2 Å². The van der Waals surface area contributed by atoms with Gasteiger partial charge in [-0.15, -0.1) is 0 Å². The second-order valence-corrected chi connectivity index (χ2v) is 7.28. The van der Waals surface area contributed by atoms with Gasteiger partial charge in [-0.2, -0.15) is 0 Å². The van der Waals surface area contributed by atoms with Crippen molar-refractivity contribution in [3.63, 3.8) is 0 Å². The van der Waals surface area contributed by atoms with Gasteiger partial charge in [0, 0.05) is 13.2 Å². The molecule has 1 amide bonds. The number of amides is 1. The van der Waals surface area contributed by atoms with E-state index in [-0.39, 0.29) is 24.0 Å². The van der Waals surface area contributed by atoms with Crippen molar-refractivity contribution in [2.45, 2.75) is 52.0 Å². The van der Waals surface area contributed by atoms with Crippen molar-refractivity contribution < 1.29 is 9.90 Å². The SMILES string of the molecule is CCC1(CO)CCN(C(C)C(=O)NCC(C)c2ccccc2)CC1. The number of rotatable bonds is 7. The molecule has 1 aliphatic rings. The quantitative estimate of drug-likeness (QED) is 0.807. The van der Waals surface area contributed by atoms with E-state index in [9.17, 15) is 9.90 Å². The third-order valence-corrected chi connectivity index (χ3v) is 5.82. The number of hydrogen-bond acceptors (Lipinski definition) is 3. The summed E-state index contributed by atoms with van der Waals surface area (Å²) in [4.78, 5) is 14.7. The third kappa shape index (κ3) is 4.58. The van der Waals surface area contributed by atoms with Crippen molar-refractivity contribution in [3.8, 4) is 0 Å². The molecule has 0 aliphatic carbocycles. The van der Waals surface area contributed by atoms with Crippen molar-refractivity contribution >= 4 is 5.91 Å². The molecule has 24 heavy (non-hydrogen) atoms. The number of benzene rings is 1. The fourth-order valence-corrected chi connectivity index (χ4v) is 3.48. The molecule has 0 aromatic heterocycles. The highest BCUT2D eigenvalue weighted by molar-refractivity contribution is 5.81. The molecule has 2 unspecified atom stereocenters. The van der Waals surface area contributed by atoms with Gasteiger partial charge in [-0.25, -0.2) is 0 Å². The minimum Gasteiger partial charge on any atom is -0.396 e. The standard InChI is InChI=1S/C20H32N2O2/c1-4-20(15-23)10-12-22(13-11-20)17(3)19(24)21-14-16(2)18-8-6-5-7-9-18/h5-9,16-17,23H,4,10-15H2,1-3H3,(H,21,24). The van der Waals surface area contributed by atoms with Crippen LogP contribution in [0.25, 0.3) is 0 Å². The fourth-order valence-electron chi connectivity index (χ4n) is 3.48. The molecule has 0 bridgehead atoms. The summed E-state index contributed by atoms with van der Waals surface area (Å²) in [5.41, 5.74) is 1.31. The van der Waals surface area contributed by atoms with Crippen LogP contribution in [-0.4, -0.2) is 48.2 Å². The molecule has 0 radical (unpaired) electrons. The second-order valence-electron chi connectivity index (χ2n) is 7.28. The lowest BCUT2D eigenvalue weighted by molar-refractivity contribution is -0.127. The second kappa shape index (κ2) is 8.63. The summed E-state index contributed by atoms with van der Waals surface area (Å²) < 4.78 is 0. The normalized spacial score (nSPS) is 20.3. The molecule has 134 valence electrons. The Hall–Kier alpha value is -1.39. The average Bonchev–Trinajstić information content (AvgIpc) is 2.66. The first-order chi connectivity index (χ1) is 11.5. The van der Waals surface area contributed by atoms with Gasteiger partial charge in [0.15, 0.2) is 0 Å². The molecule has 2 N–H and O–H groups in total. The smallest absolute Gasteiger partial charge is 0.237 e. The Bertz CT molecular complexity index is 504. The number of nitrogens with zero attached hydrogens (tertiary/aromatic N) is 1. The summed E-state index contributed by atoms with van der Waals surface area (Å²) >= 11 is 0. The Balaban J connectivity index is 1.80. The molecule has 4 heteroatoms. The topological polar surface area (TPSA) is 52.6 Å². The maximum atomic E-state index is 12.5. The predicted molar refractivity (Wildman–Crippen MR) is 97.9 cm³/mol. The number of aliphatic hydroxyl groups excluding tert-OH is 1. The molecule has 1 aromatic carbocycles. The molecule has 1 aromatic rings. The molecule has 2 atom stereocenters. The largest absolute Gasteiger partial charge is 0.396 e. The van der Waals surface area contributed by atoms with Crippen LogP contribution >= 0.6 is 0 Å². The van der Waals surface area contributed by atoms with Crippen molar-refractivity contribution in [2.75, 3.05) is 26.2 Å². The molecule has 4 nitrogen and oxygen atoms in total. The highest BCUT2D eigenvalue weighted by atomic mass is 16.3. The monoisotopic (exact) mass is 332 g/mol. The Morgan fingerprint density at radius 3 is 2.42 bits per heavy atom. The van der Waals surface area contributed by atoms with Crippen LogP contribution in [0.15, 0.2) is 30.3 Å². The minimum absolute atomic E-state index is 0.0640. The number of nitrogens with one attached hydrogen (secondary N) is 1. The fraction of sp³-hybridized carbons (Fsp3) is 0.650. The van der Waals surface area contributed by atoms with E-state index in [1.54, 1.807) is 0 Å². The molecular formula is C20H32N2O2. The highest BCUT2D eigenvalue weighted by Gasteiger charge is 2.35. The van der Waals surface area contributed by atoms with Crippen LogP contribution in [0.3, 0.4) is 0 Å². The Kier molecular flexibility index (Phi) is 6.81. The zero-order valence-corrected chi connectivity index (χ0v) is 15.3. The van der Waals surface area contributed by atoms with Crippen molar-refractivity contribution in [2.24, 2.45) is 5.41 Å². The number of hydrogen-bond donors (Lipinski definition) is 2.